The van der Waals surface area contributed by atoms with Crippen LogP contribution in [0.2, 0.25) is 0 Å². The lowest BCUT2D eigenvalue weighted by Crippen LogP contribution is -2.22. The molecule has 4 heteroatoms. The van der Waals surface area contributed by atoms with E-state index in [-0.39, 0.29) is 11.6 Å². The third-order valence-corrected chi connectivity index (χ3v) is 10.9. The lowest BCUT2D eigenvalue weighted by Gasteiger charge is -2.26. The van der Waals surface area contributed by atoms with Crippen molar-refractivity contribution in [1.29, 1.82) is 0 Å². The Hall–Kier alpha value is -3.86. The van der Waals surface area contributed by atoms with E-state index in [1.165, 1.54) is 65.9 Å². The summed E-state index contributed by atoms with van der Waals surface area (Å²) in [6.45, 7) is 7.84. The molecule has 2 aliphatic rings. The van der Waals surface area contributed by atoms with Crippen LogP contribution in [0.1, 0.15) is 71.7 Å². The molecule has 0 heterocycles. The van der Waals surface area contributed by atoms with Crippen LogP contribution in [0.25, 0.3) is 11.1 Å². The molecule has 1 fully saturated rings. The normalized spacial score (nSPS) is 18.5. The summed E-state index contributed by atoms with van der Waals surface area (Å²) >= 11 is 3.04. The van der Waals surface area contributed by atoms with Gasteiger partial charge < -0.3 is 0 Å². The first-order valence-corrected chi connectivity index (χ1v) is 16.9. The molecular formula is C40H36O2S2. The standard InChI is InChI=1S/C40H36O2S2/c1-4-5-11-34-27(3)39(41)37-35(24-25-36(38(37)40(34)42)43-32-9-7-6-8-10-32)44-33-22-20-31(21-23-33)30-18-16-29(17-19-30)28-14-12-26(2)13-15-28/h4-11,16-26,28H,1,12-15H2,2-3H3/b11-5-. The van der Waals surface area contributed by atoms with E-state index in [2.05, 4.69) is 62.0 Å². The summed E-state index contributed by atoms with van der Waals surface area (Å²) in [5.41, 5.74) is 5.68. The van der Waals surface area contributed by atoms with E-state index in [1.54, 1.807) is 25.2 Å². The lowest BCUT2D eigenvalue weighted by molar-refractivity contribution is 0.0973. The highest BCUT2D eigenvalue weighted by atomic mass is 32.2. The minimum atomic E-state index is -0.127. The maximum atomic E-state index is 13.9. The zero-order valence-electron chi connectivity index (χ0n) is 25.2. The molecule has 2 nitrogen and oxygen atoms in total. The van der Waals surface area contributed by atoms with Gasteiger partial charge in [0.05, 0.1) is 0 Å². The molecule has 220 valence electrons. The fourth-order valence-electron chi connectivity index (χ4n) is 6.16. The van der Waals surface area contributed by atoms with Crippen molar-refractivity contribution in [2.75, 3.05) is 0 Å². The number of ketones is 2. The highest BCUT2D eigenvalue weighted by Crippen LogP contribution is 2.43. The minimum absolute atomic E-state index is 0.106. The predicted octanol–water partition coefficient (Wildman–Crippen LogP) is 11.4. The lowest BCUT2D eigenvalue weighted by atomic mass is 9.79. The van der Waals surface area contributed by atoms with Gasteiger partial charge in [-0.05, 0) is 84.7 Å². The molecule has 0 unspecified atom stereocenters. The molecule has 0 atom stereocenters. The summed E-state index contributed by atoms with van der Waals surface area (Å²) in [6.07, 6.45) is 10.3. The molecule has 0 aliphatic heterocycles. The molecule has 4 aromatic rings. The quantitative estimate of drug-likeness (QED) is 0.185. The highest BCUT2D eigenvalue weighted by molar-refractivity contribution is 8.00. The molecule has 0 N–H and O–H groups in total. The molecule has 0 saturated heterocycles. The van der Waals surface area contributed by atoms with Crippen molar-refractivity contribution in [3.63, 3.8) is 0 Å². The van der Waals surface area contributed by atoms with Crippen molar-refractivity contribution in [2.45, 2.75) is 65.0 Å². The van der Waals surface area contributed by atoms with Crippen LogP contribution in [0.3, 0.4) is 0 Å². The second-order valence-corrected chi connectivity index (χ2v) is 14.0. The minimum Gasteiger partial charge on any atom is -0.289 e. The van der Waals surface area contributed by atoms with Crippen molar-refractivity contribution in [3.8, 4) is 11.1 Å². The fourth-order valence-corrected chi connectivity index (χ4v) is 8.10. The van der Waals surface area contributed by atoms with E-state index >= 15 is 0 Å². The van der Waals surface area contributed by atoms with E-state index in [9.17, 15) is 9.59 Å². The number of hydrogen-bond acceptors (Lipinski definition) is 4. The van der Waals surface area contributed by atoms with Gasteiger partial charge in [-0.25, -0.2) is 0 Å². The molecular weight excluding hydrogens is 577 g/mol. The summed E-state index contributed by atoms with van der Waals surface area (Å²) < 4.78 is 0. The summed E-state index contributed by atoms with van der Waals surface area (Å²) in [5, 5.41) is 0. The van der Waals surface area contributed by atoms with Crippen LogP contribution in [0.15, 0.2) is 147 Å². The van der Waals surface area contributed by atoms with Gasteiger partial charge >= 0.3 is 0 Å². The van der Waals surface area contributed by atoms with Gasteiger partial charge in [0.2, 0.25) is 0 Å². The average Bonchev–Trinajstić information content (AvgIpc) is 3.05. The highest BCUT2D eigenvalue weighted by Gasteiger charge is 2.33. The van der Waals surface area contributed by atoms with Gasteiger partial charge in [-0.2, -0.15) is 0 Å². The van der Waals surface area contributed by atoms with Crippen molar-refractivity contribution < 1.29 is 9.59 Å². The van der Waals surface area contributed by atoms with Gasteiger partial charge in [-0.1, -0.05) is 123 Å². The monoisotopic (exact) mass is 612 g/mol. The van der Waals surface area contributed by atoms with Crippen LogP contribution in [0.4, 0.5) is 0 Å². The van der Waals surface area contributed by atoms with Crippen molar-refractivity contribution in [3.05, 3.63) is 144 Å². The maximum Gasteiger partial charge on any atom is 0.195 e. The molecule has 0 spiro atoms. The predicted molar refractivity (Wildman–Crippen MR) is 184 cm³/mol. The smallest absolute Gasteiger partial charge is 0.195 e. The van der Waals surface area contributed by atoms with Gasteiger partial charge in [0.25, 0.3) is 0 Å². The van der Waals surface area contributed by atoms with Crippen LogP contribution in [-0.4, -0.2) is 11.6 Å². The first-order valence-electron chi connectivity index (χ1n) is 15.3. The number of hydrogen-bond donors (Lipinski definition) is 0. The Labute approximate surface area is 269 Å². The number of rotatable bonds is 8. The third-order valence-electron chi connectivity index (χ3n) is 8.76. The Kier molecular flexibility index (Phi) is 9.20. The van der Waals surface area contributed by atoms with E-state index < -0.39 is 0 Å². The first-order chi connectivity index (χ1) is 21.4. The SMILES string of the molecule is C=C/C=C\C1=C(C)C(=O)c2c(Sc3ccc(-c4ccc(C5CCC(C)CC5)cc4)cc3)ccc(Sc3ccccc3)c2C1=O. The molecule has 0 radical (unpaired) electrons. The van der Waals surface area contributed by atoms with Crippen LogP contribution in [0, 0.1) is 5.92 Å². The van der Waals surface area contributed by atoms with Gasteiger partial charge in [-0.3, -0.25) is 9.59 Å². The number of carbonyl (C=O) groups is 2. The Morgan fingerprint density at radius 3 is 1.82 bits per heavy atom. The molecule has 6 rings (SSSR count). The summed E-state index contributed by atoms with van der Waals surface area (Å²) in [7, 11) is 0. The van der Waals surface area contributed by atoms with E-state index in [4.69, 9.17) is 0 Å². The van der Waals surface area contributed by atoms with Crippen molar-refractivity contribution in [2.24, 2.45) is 5.92 Å². The fraction of sp³-hybridized carbons (Fsp3) is 0.200. The number of allylic oxidation sites excluding steroid dienone is 5. The van der Waals surface area contributed by atoms with Crippen LogP contribution in [0.5, 0.6) is 0 Å². The number of Topliss-reactive ketones (excluding diaryl/α,β-unsaturated/α-hetero) is 2. The Morgan fingerprint density at radius 1 is 0.682 bits per heavy atom. The number of carbonyl (C=O) groups excluding carboxylic acids is 2. The van der Waals surface area contributed by atoms with Gasteiger partial charge in [-0.15, -0.1) is 0 Å². The first kappa shape index (κ1) is 30.2. The largest absolute Gasteiger partial charge is 0.289 e. The van der Waals surface area contributed by atoms with Crippen LogP contribution < -0.4 is 0 Å². The van der Waals surface area contributed by atoms with E-state index in [1.807, 2.05) is 42.5 Å². The molecule has 44 heavy (non-hydrogen) atoms. The third kappa shape index (κ3) is 6.33. The molecule has 0 aromatic heterocycles. The summed E-state index contributed by atoms with van der Waals surface area (Å²) in [5.74, 6) is 1.31. The van der Waals surface area contributed by atoms with Crippen LogP contribution in [-0.2, 0) is 0 Å². The summed E-state index contributed by atoms with van der Waals surface area (Å²) in [4.78, 5) is 31.4. The van der Waals surface area contributed by atoms with E-state index in [0.717, 1.165) is 25.5 Å². The van der Waals surface area contributed by atoms with Crippen molar-refractivity contribution in [1.82, 2.24) is 0 Å². The topological polar surface area (TPSA) is 34.1 Å². The molecule has 1 saturated carbocycles. The Bertz CT molecular complexity index is 1760. The zero-order valence-corrected chi connectivity index (χ0v) is 26.8. The second kappa shape index (κ2) is 13.4. The Balaban J connectivity index is 1.28. The average molecular weight is 613 g/mol. The molecule has 2 aliphatic carbocycles. The number of benzene rings is 4. The molecule has 0 bridgehead atoms. The number of fused-ring (bicyclic) bond motifs is 1. The maximum absolute atomic E-state index is 13.9. The van der Waals surface area contributed by atoms with Gasteiger partial charge in [0.1, 0.15) is 0 Å². The molecule has 4 aromatic carbocycles. The van der Waals surface area contributed by atoms with Gasteiger partial charge in [0, 0.05) is 41.9 Å². The summed E-state index contributed by atoms with van der Waals surface area (Å²) in [6, 6.07) is 31.5. The molecule has 0 amide bonds. The van der Waals surface area contributed by atoms with Crippen molar-refractivity contribution >= 4 is 35.1 Å². The van der Waals surface area contributed by atoms with E-state index in [0.29, 0.717) is 28.2 Å². The second-order valence-electron chi connectivity index (χ2n) is 11.7. The Morgan fingerprint density at radius 2 is 1.23 bits per heavy atom. The van der Waals surface area contributed by atoms with Crippen LogP contribution >= 0.6 is 23.5 Å². The van der Waals surface area contributed by atoms with Gasteiger partial charge in [0.15, 0.2) is 11.6 Å². The zero-order chi connectivity index (χ0) is 30.6.